The van der Waals surface area contributed by atoms with Gasteiger partial charge in [0.2, 0.25) is 0 Å². The van der Waals surface area contributed by atoms with E-state index in [0.29, 0.717) is 5.92 Å². The highest BCUT2D eigenvalue weighted by Crippen LogP contribution is 2.38. The highest BCUT2D eigenvalue weighted by Gasteiger charge is 2.24. The van der Waals surface area contributed by atoms with Crippen molar-refractivity contribution in [2.45, 2.75) is 65.8 Å². The maximum Gasteiger partial charge on any atom is 0.138 e. The van der Waals surface area contributed by atoms with Gasteiger partial charge in [0.25, 0.3) is 0 Å². The van der Waals surface area contributed by atoms with Crippen LogP contribution < -0.4 is 5.32 Å². The molecule has 0 saturated heterocycles. The predicted octanol–water partition coefficient (Wildman–Crippen LogP) is 5.14. The first-order chi connectivity index (χ1) is 9.79. The number of nitrogens with one attached hydrogen (secondary N) is 1. The first-order valence-electron chi connectivity index (χ1n) is 8.02. The van der Waals surface area contributed by atoms with E-state index in [9.17, 15) is 0 Å². The van der Waals surface area contributed by atoms with Crippen molar-refractivity contribution in [1.29, 1.82) is 0 Å². The van der Waals surface area contributed by atoms with E-state index in [1.54, 1.807) is 0 Å². The Labute approximate surface area is 128 Å². The molecule has 2 rings (SSSR count). The van der Waals surface area contributed by atoms with Crippen LogP contribution in [0, 0.1) is 0 Å². The lowest BCUT2D eigenvalue weighted by Crippen LogP contribution is -2.12. The molecule has 2 heteroatoms. The molecule has 1 aromatic heterocycles. The monoisotopic (exact) mass is 287 g/mol. The summed E-state index contributed by atoms with van der Waals surface area (Å²) in [6.45, 7) is 14.3. The van der Waals surface area contributed by atoms with Crippen molar-refractivity contribution in [1.82, 2.24) is 5.32 Å². The molecule has 0 unspecified atom stereocenters. The second-order valence-electron chi connectivity index (χ2n) is 7.25. The topological polar surface area (TPSA) is 25.2 Å². The summed E-state index contributed by atoms with van der Waals surface area (Å²) in [6.07, 6.45) is 1.06. The van der Waals surface area contributed by atoms with Crippen LogP contribution in [0.1, 0.15) is 69.9 Å². The van der Waals surface area contributed by atoms with E-state index in [2.05, 4.69) is 59.0 Å². The maximum atomic E-state index is 6.30. The van der Waals surface area contributed by atoms with Gasteiger partial charge < -0.3 is 9.73 Å². The third-order valence-electron chi connectivity index (χ3n) is 4.10. The van der Waals surface area contributed by atoms with E-state index in [1.807, 2.05) is 7.05 Å². The largest absolute Gasteiger partial charge is 0.459 e. The minimum atomic E-state index is 0.0897. The summed E-state index contributed by atoms with van der Waals surface area (Å²) in [5.41, 5.74) is 5.24. The summed E-state index contributed by atoms with van der Waals surface area (Å²) >= 11 is 0. The van der Waals surface area contributed by atoms with Crippen molar-refractivity contribution in [3.8, 4) is 0 Å². The molecule has 0 bridgehead atoms. The van der Waals surface area contributed by atoms with E-state index < -0.39 is 0 Å². The lowest BCUT2D eigenvalue weighted by molar-refractivity contribution is 0.505. The van der Waals surface area contributed by atoms with Gasteiger partial charge in [0.1, 0.15) is 11.3 Å². The van der Waals surface area contributed by atoms with E-state index in [4.69, 9.17) is 4.42 Å². The summed E-state index contributed by atoms with van der Waals surface area (Å²) in [5, 5.41) is 4.54. The molecule has 0 radical (unpaired) electrons. The molecule has 0 spiro atoms. The number of rotatable bonds is 4. The zero-order chi connectivity index (χ0) is 15.8. The fourth-order valence-corrected chi connectivity index (χ4v) is 3.01. The van der Waals surface area contributed by atoms with Gasteiger partial charge in [-0.2, -0.15) is 0 Å². The molecule has 0 aliphatic heterocycles. The van der Waals surface area contributed by atoms with Crippen molar-refractivity contribution in [3.05, 3.63) is 34.6 Å². The molecule has 2 nitrogen and oxygen atoms in total. The molecule has 0 saturated carbocycles. The summed E-state index contributed by atoms with van der Waals surface area (Å²) in [4.78, 5) is 0. The van der Waals surface area contributed by atoms with Crippen LogP contribution in [0.4, 0.5) is 0 Å². The quantitative estimate of drug-likeness (QED) is 0.842. The molecule has 0 amide bonds. The predicted molar refractivity (Wildman–Crippen MR) is 91.1 cm³/mol. The third kappa shape index (κ3) is 3.01. The summed E-state index contributed by atoms with van der Waals surface area (Å²) in [6, 6.07) is 4.64. The van der Waals surface area contributed by atoms with Crippen LogP contribution in [-0.4, -0.2) is 7.05 Å². The normalized spacial score (nSPS) is 12.6. The van der Waals surface area contributed by atoms with Crippen molar-refractivity contribution in [3.63, 3.8) is 0 Å². The number of furan rings is 1. The molecule has 1 N–H and O–H groups in total. The molecule has 0 aliphatic rings. The van der Waals surface area contributed by atoms with Crippen LogP contribution in [0.2, 0.25) is 0 Å². The van der Waals surface area contributed by atoms with Crippen LogP contribution in [0.25, 0.3) is 11.0 Å². The van der Waals surface area contributed by atoms with Crippen LogP contribution in [0.5, 0.6) is 0 Å². The van der Waals surface area contributed by atoms with Gasteiger partial charge in [-0.25, -0.2) is 0 Å². The number of benzene rings is 1. The zero-order valence-corrected chi connectivity index (χ0v) is 14.6. The average molecular weight is 287 g/mol. The fourth-order valence-electron chi connectivity index (χ4n) is 3.01. The van der Waals surface area contributed by atoms with Gasteiger partial charge in [0.05, 0.1) is 6.54 Å². The second-order valence-corrected chi connectivity index (χ2v) is 7.25. The number of fused-ring (bicyclic) bond motifs is 1. The Balaban J connectivity index is 2.84. The van der Waals surface area contributed by atoms with Gasteiger partial charge in [0.15, 0.2) is 0 Å². The maximum absolute atomic E-state index is 6.30. The number of hydrogen-bond acceptors (Lipinski definition) is 2. The molecule has 21 heavy (non-hydrogen) atoms. The van der Waals surface area contributed by atoms with Crippen molar-refractivity contribution < 1.29 is 4.42 Å². The summed E-state index contributed by atoms with van der Waals surface area (Å²) < 4.78 is 6.30. The Morgan fingerprint density at radius 1 is 1.19 bits per heavy atom. The standard InChI is InChI=1S/C19H29NO/c1-8-13-9-14-17(12(2)3)16(11-20-7)21-18(14)15(10-13)19(4,5)6/h9-10,12,20H,8,11H2,1-7H3. The van der Waals surface area contributed by atoms with Crippen molar-refractivity contribution in [2.24, 2.45) is 0 Å². The highest BCUT2D eigenvalue weighted by atomic mass is 16.3. The highest BCUT2D eigenvalue weighted by molar-refractivity contribution is 5.87. The Morgan fingerprint density at radius 2 is 1.86 bits per heavy atom. The van der Waals surface area contributed by atoms with Crippen molar-refractivity contribution in [2.75, 3.05) is 7.05 Å². The van der Waals surface area contributed by atoms with E-state index >= 15 is 0 Å². The van der Waals surface area contributed by atoms with Gasteiger partial charge in [0, 0.05) is 16.5 Å². The molecule has 2 aromatic rings. The minimum Gasteiger partial charge on any atom is -0.459 e. The fraction of sp³-hybridized carbons (Fsp3) is 0.579. The van der Waals surface area contributed by atoms with Crippen LogP contribution in [0.3, 0.4) is 0 Å². The zero-order valence-electron chi connectivity index (χ0n) is 14.6. The van der Waals surface area contributed by atoms with E-state index in [-0.39, 0.29) is 5.41 Å². The molecule has 0 aliphatic carbocycles. The van der Waals surface area contributed by atoms with Gasteiger partial charge in [-0.05, 0) is 36.4 Å². The smallest absolute Gasteiger partial charge is 0.138 e. The lowest BCUT2D eigenvalue weighted by Gasteiger charge is -2.20. The Kier molecular flexibility index (Phi) is 4.48. The molecule has 1 heterocycles. The van der Waals surface area contributed by atoms with Gasteiger partial charge in [-0.3, -0.25) is 0 Å². The molecule has 116 valence electrons. The number of aryl methyl sites for hydroxylation is 1. The minimum absolute atomic E-state index is 0.0897. The van der Waals surface area contributed by atoms with Crippen LogP contribution in [-0.2, 0) is 18.4 Å². The van der Waals surface area contributed by atoms with Crippen LogP contribution in [0.15, 0.2) is 16.5 Å². The Bertz CT molecular complexity index is 629. The van der Waals surface area contributed by atoms with E-state index in [1.165, 1.54) is 22.1 Å². The first kappa shape index (κ1) is 16.1. The SMILES string of the molecule is CCc1cc(C(C)(C)C)c2oc(CNC)c(C(C)C)c2c1. The number of hydrogen-bond donors (Lipinski definition) is 1. The average Bonchev–Trinajstić information content (AvgIpc) is 2.74. The Morgan fingerprint density at radius 3 is 2.33 bits per heavy atom. The van der Waals surface area contributed by atoms with Gasteiger partial charge in [-0.15, -0.1) is 0 Å². The molecule has 0 atom stereocenters. The van der Waals surface area contributed by atoms with Crippen LogP contribution >= 0.6 is 0 Å². The van der Waals surface area contributed by atoms with Gasteiger partial charge in [-0.1, -0.05) is 47.6 Å². The summed E-state index contributed by atoms with van der Waals surface area (Å²) in [5.74, 6) is 1.55. The molecule has 1 aromatic carbocycles. The molecular formula is C19H29NO. The molecule has 0 fully saturated rings. The third-order valence-corrected chi connectivity index (χ3v) is 4.10. The summed E-state index contributed by atoms with van der Waals surface area (Å²) in [7, 11) is 1.97. The first-order valence-corrected chi connectivity index (χ1v) is 8.02. The Hall–Kier alpha value is -1.28. The van der Waals surface area contributed by atoms with Crippen molar-refractivity contribution >= 4 is 11.0 Å². The van der Waals surface area contributed by atoms with E-state index in [0.717, 1.165) is 24.3 Å². The lowest BCUT2D eigenvalue weighted by atomic mass is 9.83. The van der Waals surface area contributed by atoms with Gasteiger partial charge >= 0.3 is 0 Å². The second kappa shape index (κ2) is 5.84. The molecular weight excluding hydrogens is 258 g/mol.